The van der Waals surface area contributed by atoms with Crippen LogP contribution in [-0.2, 0) is 12.7 Å². The summed E-state index contributed by atoms with van der Waals surface area (Å²) in [7, 11) is 0. The summed E-state index contributed by atoms with van der Waals surface area (Å²) >= 11 is 0. The Hall–Kier alpha value is -3.23. The second-order valence-electron chi connectivity index (χ2n) is 5.25. The van der Waals surface area contributed by atoms with Crippen LogP contribution in [0.25, 0.3) is 10.9 Å². The molecule has 0 fully saturated rings. The van der Waals surface area contributed by atoms with Crippen LogP contribution in [0.3, 0.4) is 0 Å². The summed E-state index contributed by atoms with van der Waals surface area (Å²) in [6.45, 7) is 0.229. The first-order valence-electron chi connectivity index (χ1n) is 7.18. The van der Waals surface area contributed by atoms with Crippen molar-refractivity contribution in [2.24, 2.45) is 5.73 Å². The number of alkyl halides is 3. The number of hydrogen-bond donors (Lipinski definition) is 2. The van der Waals surface area contributed by atoms with E-state index in [0.29, 0.717) is 22.3 Å². The normalized spacial score (nSPS) is 11.5. The number of halogens is 3. The van der Waals surface area contributed by atoms with Gasteiger partial charge in [0.2, 0.25) is 0 Å². The average Bonchev–Trinajstić information content (AvgIpc) is 2.58. The number of amides is 1. The summed E-state index contributed by atoms with van der Waals surface area (Å²) in [6.07, 6.45) is -4.37. The molecule has 25 heavy (non-hydrogen) atoms. The summed E-state index contributed by atoms with van der Waals surface area (Å²) < 4.78 is 37.7. The molecule has 0 atom stereocenters. The van der Waals surface area contributed by atoms with E-state index in [-0.39, 0.29) is 12.1 Å². The Morgan fingerprint density at radius 2 is 1.80 bits per heavy atom. The molecule has 0 saturated carbocycles. The number of nitrogens with zero attached hydrogens (tertiary/aromatic N) is 3. The highest BCUT2D eigenvalue weighted by atomic mass is 19.4. The predicted octanol–water partition coefficient (Wildman–Crippen LogP) is 2.75. The molecular formula is C16H12F3N5O. The SMILES string of the molecule is NC(=O)c1cccc2c(NCc3ccc(C(F)(F)F)cc3)nnnc12. The molecule has 128 valence electrons. The maximum Gasteiger partial charge on any atom is 0.416 e. The smallest absolute Gasteiger partial charge is 0.366 e. The molecule has 1 amide bonds. The lowest BCUT2D eigenvalue weighted by molar-refractivity contribution is -0.137. The maximum absolute atomic E-state index is 12.6. The Balaban J connectivity index is 1.84. The maximum atomic E-state index is 12.6. The van der Waals surface area contributed by atoms with Crippen LogP contribution >= 0.6 is 0 Å². The molecule has 2 aromatic carbocycles. The fraction of sp³-hybridized carbons (Fsp3) is 0.125. The van der Waals surface area contributed by atoms with Crippen LogP contribution in [0.1, 0.15) is 21.5 Å². The van der Waals surface area contributed by atoms with Gasteiger partial charge in [-0.15, -0.1) is 10.2 Å². The molecule has 9 heteroatoms. The van der Waals surface area contributed by atoms with Gasteiger partial charge in [-0.3, -0.25) is 4.79 Å². The number of rotatable bonds is 4. The lowest BCUT2D eigenvalue weighted by Gasteiger charge is -2.10. The lowest BCUT2D eigenvalue weighted by Crippen LogP contribution is -2.13. The van der Waals surface area contributed by atoms with Gasteiger partial charge in [-0.1, -0.05) is 18.2 Å². The third-order valence-corrected chi connectivity index (χ3v) is 3.59. The Morgan fingerprint density at radius 1 is 1.08 bits per heavy atom. The molecule has 0 aliphatic rings. The van der Waals surface area contributed by atoms with E-state index in [4.69, 9.17) is 5.73 Å². The van der Waals surface area contributed by atoms with Crippen molar-refractivity contribution in [3.8, 4) is 0 Å². The Labute approximate surface area is 139 Å². The quantitative estimate of drug-likeness (QED) is 0.757. The average molecular weight is 347 g/mol. The number of fused-ring (bicyclic) bond motifs is 1. The van der Waals surface area contributed by atoms with Gasteiger partial charge in [-0.25, -0.2) is 0 Å². The van der Waals surface area contributed by atoms with E-state index in [1.54, 1.807) is 12.1 Å². The summed E-state index contributed by atoms with van der Waals surface area (Å²) in [5.41, 5.74) is 5.74. The van der Waals surface area contributed by atoms with Crippen molar-refractivity contribution in [2.75, 3.05) is 5.32 Å². The lowest BCUT2D eigenvalue weighted by atomic mass is 10.1. The fourth-order valence-corrected chi connectivity index (χ4v) is 2.33. The minimum Gasteiger partial charge on any atom is -0.366 e. The summed E-state index contributed by atoms with van der Waals surface area (Å²) in [4.78, 5) is 11.4. The van der Waals surface area contributed by atoms with Crippen LogP contribution in [0.15, 0.2) is 42.5 Å². The van der Waals surface area contributed by atoms with Crippen molar-refractivity contribution in [1.82, 2.24) is 15.4 Å². The molecule has 1 aromatic heterocycles. The topological polar surface area (TPSA) is 93.8 Å². The first kappa shape index (κ1) is 16.6. The predicted molar refractivity (Wildman–Crippen MR) is 84.6 cm³/mol. The highest BCUT2D eigenvalue weighted by Gasteiger charge is 2.29. The highest BCUT2D eigenvalue weighted by molar-refractivity contribution is 6.06. The third kappa shape index (κ3) is 3.49. The number of benzene rings is 2. The number of hydrogen-bond acceptors (Lipinski definition) is 5. The first-order chi connectivity index (χ1) is 11.9. The van der Waals surface area contributed by atoms with E-state index >= 15 is 0 Å². The zero-order valence-corrected chi connectivity index (χ0v) is 12.7. The number of primary amides is 1. The molecule has 0 bridgehead atoms. The molecule has 0 aliphatic carbocycles. The molecule has 0 spiro atoms. The molecule has 3 aromatic rings. The molecule has 1 heterocycles. The molecule has 0 unspecified atom stereocenters. The van der Waals surface area contributed by atoms with E-state index in [9.17, 15) is 18.0 Å². The highest BCUT2D eigenvalue weighted by Crippen LogP contribution is 2.29. The van der Waals surface area contributed by atoms with Gasteiger partial charge in [0.15, 0.2) is 5.82 Å². The number of aromatic nitrogens is 3. The Kier molecular flexibility index (Phi) is 4.22. The van der Waals surface area contributed by atoms with E-state index in [1.807, 2.05) is 0 Å². The second-order valence-corrected chi connectivity index (χ2v) is 5.25. The van der Waals surface area contributed by atoms with Crippen LogP contribution < -0.4 is 11.1 Å². The van der Waals surface area contributed by atoms with Crippen LogP contribution in [0.4, 0.5) is 19.0 Å². The minimum absolute atomic E-state index is 0.213. The number of nitrogens with one attached hydrogen (secondary N) is 1. The summed E-state index contributed by atoms with van der Waals surface area (Å²) in [6, 6.07) is 9.63. The standard InChI is InChI=1S/C16H12F3N5O/c17-16(18,19)10-6-4-9(5-7-10)8-21-15-12-3-1-2-11(14(20)25)13(12)22-24-23-15/h1-7H,8H2,(H2,20,25)(H,21,22,23). The Bertz CT molecular complexity index is 925. The van der Waals surface area contributed by atoms with Crippen molar-refractivity contribution < 1.29 is 18.0 Å². The number of carbonyl (C=O) groups is 1. The van der Waals surface area contributed by atoms with Crippen molar-refractivity contribution in [3.05, 3.63) is 59.2 Å². The van der Waals surface area contributed by atoms with Gasteiger partial charge < -0.3 is 11.1 Å². The van der Waals surface area contributed by atoms with Gasteiger partial charge in [0.05, 0.1) is 11.1 Å². The van der Waals surface area contributed by atoms with Gasteiger partial charge in [0.25, 0.3) is 5.91 Å². The van der Waals surface area contributed by atoms with Gasteiger partial charge in [-0.05, 0) is 35.0 Å². The van der Waals surface area contributed by atoms with Crippen LogP contribution in [0.2, 0.25) is 0 Å². The van der Waals surface area contributed by atoms with E-state index in [1.165, 1.54) is 18.2 Å². The first-order valence-corrected chi connectivity index (χ1v) is 7.18. The largest absolute Gasteiger partial charge is 0.416 e. The van der Waals surface area contributed by atoms with Crippen molar-refractivity contribution >= 4 is 22.6 Å². The minimum atomic E-state index is -4.37. The third-order valence-electron chi connectivity index (χ3n) is 3.59. The van der Waals surface area contributed by atoms with Crippen molar-refractivity contribution in [3.63, 3.8) is 0 Å². The zero-order valence-electron chi connectivity index (χ0n) is 12.7. The molecule has 0 radical (unpaired) electrons. The van der Waals surface area contributed by atoms with Crippen molar-refractivity contribution in [2.45, 2.75) is 12.7 Å². The summed E-state index contributed by atoms with van der Waals surface area (Å²) in [5.74, 6) is -0.284. The Morgan fingerprint density at radius 3 is 2.44 bits per heavy atom. The summed E-state index contributed by atoms with van der Waals surface area (Å²) in [5, 5.41) is 14.8. The molecule has 0 saturated heterocycles. The van der Waals surface area contributed by atoms with E-state index in [2.05, 4.69) is 20.7 Å². The molecule has 3 rings (SSSR count). The second kappa shape index (κ2) is 6.34. The molecule has 3 N–H and O–H groups in total. The van der Waals surface area contributed by atoms with Crippen LogP contribution in [0.5, 0.6) is 0 Å². The van der Waals surface area contributed by atoms with Gasteiger partial charge >= 0.3 is 6.18 Å². The van der Waals surface area contributed by atoms with Gasteiger partial charge in [-0.2, -0.15) is 13.2 Å². The zero-order chi connectivity index (χ0) is 18.0. The fourth-order valence-electron chi connectivity index (χ4n) is 2.33. The monoisotopic (exact) mass is 347 g/mol. The molecular weight excluding hydrogens is 335 g/mol. The van der Waals surface area contributed by atoms with Crippen molar-refractivity contribution in [1.29, 1.82) is 0 Å². The van der Waals surface area contributed by atoms with E-state index < -0.39 is 17.6 Å². The molecule has 0 aliphatic heterocycles. The molecule has 6 nitrogen and oxygen atoms in total. The van der Waals surface area contributed by atoms with Crippen LogP contribution in [0, 0.1) is 0 Å². The van der Waals surface area contributed by atoms with Gasteiger partial charge in [0.1, 0.15) is 5.52 Å². The number of nitrogens with two attached hydrogens (primary N) is 1. The van der Waals surface area contributed by atoms with E-state index in [0.717, 1.165) is 12.1 Å². The number of anilines is 1. The number of carbonyl (C=O) groups excluding carboxylic acids is 1. The van der Waals surface area contributed by atoms with Crippen LogP contribution in [-0.4, -0.2) is 21.3 Å². The van der Waals surface area contributed by atoms with Gasteiger partial charge in [0, 0.05) is 11.9 Å².